The van der Waals surface area contributed by atoms with Crippen molar-refractivity contribution in [1.82, 2.24) is 0 Å². The molecule has 0 bridgehead atoms. The van der Waals surface area contributed by atoms with Crippen molar-refractivity contribution in [3.05, 3.63) is 12.7 Å². The minimum atomic E-state index is 0.162. The standard InChI is InChI=1S/C9H19N/c1-5-8(10)7-9(3,4)6-2/h5,8H,1,6-7,10H2,2-4H3. The molecule has 0 heterocycles. The van der Waals surface area contributed by atoms with Crippen LogP contribution in [0.4, 0.5) is 0 Å². The Morgan fingerprint density at radius 3 is 2.40 bits per heavy atom. The molecule has 0 saturated heterocycles. The van der Waals surface area contributed by atoms with E-state index in [9.17, 15) is 0 Å². The lowest BCUT2D eigenvalue weighted by Gasteiger charge is -2.24. The molecule has 0 fully saturated rings. The molecule has 0 spiro atoms. The van der Waals surface area contributed by atoms with Gasteiger partial charge in [-0.25, -0.2) is 0 Å². The zero-order valence-electron chi connectivity index (χ0n) is 7.35. The van der Waals surface area contributed by atoms with Crippen molar-refractivity contribution in [1.29, 1.82) is 0 Å². The maximum atomic E-state index is 5.72. The molecule has 0 aromatic carbocycles. The molecular weight excluding hydrogens is 122 g/mol. The predicted molar refractivity (Wildman–Crippen MR) is 46.9 cm³/mol. The predicted octanol–water partition coefficient (Wildman–Crippen LogP) is 2.33. The van der Waals surface area contributed by atoms with E-state index in [1.165, 1.54) is 6.42 Å². The van der Waals surface area contributed by atoms with Crippen LogP contribution in [0.2, 0.25) is 0 Å². The summed E-state index contributed by atoms with van der Waals surface area (Å²) in [7, 11) is 0. The summed E-state index contributed by atoms with van der Waals surface area (Å²) in [6, 6.07) is 0.162. The van der Waals surface area contributed by atoms with Crippen LogP contribution in [0.3, 0.4) is 0 Å². The van der Waals surface area contributed by atoms with Gasteiger partial charge in [0.25, 0.3) is 0 Å². The van der Waals surface area contributed by atoms with E-state index < -0.39 is 0 Å². The maximum Gasteiger partial charge on any atom is 0.0226 e. The van der Waals surface area contributed by atoms with Crippen molar-refractivity contribution >= 4 is 0 Å². The fourth-order valence-electron chi connectivity index (χ4n) is 0.866. The summed E-state index contributed by atoms with van der Waals surface area (Å²) < 4.78 is 0. The van der Waals surface area contributed by atoms with E-state index in [0.717, 1.165) is 6.42 Å². The lowest BCUT2D eigenvalue weighted by molar-refractivity contribution is 0.309. The van der Waals surface area contributed by atoms with Gasteiger partial charge in [-0.2, -0.15) is 0 Å². The molecule has 10 heavy (non-hydrogen) atoms. The van der Waals surface area contributed by atoms with Crippen LogP contribution < -0.4 is 5.73 Å². The van der Waals surface area contributed by atoms with Crippen molar-refractivity contribution in [3.8, 4) is 0 Å². The molecule has 0 rings (SSSR count). The molecule has 0 aliphatic heterocycles. The average molecular weight is 141 g/mol. The van der Waals surface area contributed by atoms with E-state index in [1.54, 1.807) is 0 Å². The lowest BCUT2D eigenvalue weighted by Crippen LogP contribution is -2.25. The van der Waals surface area contributed by atoms with Crippen molar-refractivity contribution < 1.29 is 0 Å². The van der Waals surface area contributed by atoms with Gasteiger partial charge in [0.05, 0.1) is 0 Å². The minimum Gasteiger partial charge on any atom is -0.324 e. The Bertz CT molecular complexity index is 105. The molecule has 1 unspecified atom stereocenters. The Hall–Kier alpha value is -0.300. The van der Waals surface area contributed by atoms with Crippen molar-refractivity contribution in [2.75, 3.05) is 0 Å². The highest BCUT2D eigenvalue weighted by atomic mass is 14.6. The molecule has 0 saturated carbocycles. The van der Waals surface area contributed by atoms with Gasteiger partial charge < -0.3 is 5.73 Å². The SMILES string of the molecule is C=CC(N)CC(C)(C)CC. The van der Waals surface area contributed by atoms with Crippen LogP contribution in [0.25, 0.3) is 0 Å². The van der Waals surface area contributed by atoms with Gasteiger partial charge >= 0.3 is 0 Å². The highest BCUT2D eigenvalue weighted by Crippen LogP contribution is 2.25. The van der Waals surface area contributed by atoms with Crippen LogP contribution >= 0.6 is 0 Å². The largest absolute Gasteiger partial charge is 0.324 e. The molecule has 0 aliphatic carbocycles. The zero-order valence-corrected chi connectivity index (χ0v) is 7.35. The van der Waals surface area contributed by atoms with Crippen LogP contribution in [0.15, 0.2) is 12.7 Å². The number of hydrogen-bond donors (Lipinski definition) is 1. The van der Waals surface area contributed by atoms with E-state index in [2.05, 4.69) is 27.4 Å². The molecule has 0 amide bonds. The molecular formula is C9H19N. The highest BCUT2D eigenvalue weighted by molar-refractivity contribution is 4.86. The summed E-state index contributed by atoms with van der Waals surface area (Å²) in [6.45, 7) is 10.3. The summed E-state index contributed by atoms with van der Waals surface area (Å²) in [6.07, 6.45) is 4.03. The van der Waals surface area contributed by atoms with Crippen molar-refractivity contribution in [2.45, 2.75) is 39.7 Å². The summed E-state index contributed by atoms with van der Waals surface area (Å²) in [5, 5.41) is 0. The molecule has 1 nitrogen and oxygen atoms in total. The van der Waals surface area contributed by atoms with E-state index in [1.807, 2.05) is 6.08 Å². The summed E-state index contributed by atoms with van der Waals surface area (Å²) in [5.41, 5.74) is 6.09. The van der Waals surface area contributed by atoms with Crippen LogP contribution in [0, 0.1) is 5.41 Å². The van der Waals surface area contributed by atoms with E-state index in [-0.39, 0.29) is 6.04 Å². The van der Waals surface area contributed by atoms with Gasteiger partial charge in [0.2, 0.25) is 0 Å². The maximum absolute atomic E-state index is 5.72. The Morgan fingerprint density at radius 2 is 2.10 bits per heavy atom. The quantitative estimate of drug-likeness (QED) is 0.597. The molecule has 1 atom stereocenters. The van der Waals surface area contributed by atoms with Gasteiger partial charge in [-0.05, 0) is 11.8 Å². The summed E-state index contributed by atoms with van der Waals surface area (Å²) in [4.78, 5) is 0. The summed E-state index contributed by atoms with van der Waals surface area (Å²) >= 11 is 0. The second-order valence-electron chi connectivity index (χ2n) is 3.62. The monoisotopic (exact) mass is 141 g/mol. The number of rotatable bonds is 4. The normalized spacial score (nSPS) is 14.8. The first-order chi connectivity index (χ1) is 4.52. The third kappa shape index (κ3) is 3.67. The second kappa shape index (κ2) is 3.77. The molecule has 0 aliphatic rings. The topological polar surface area (TPSA) is 26.0 Å². The first-order valence-corrected chi connectivity index (χ1v) is 3.90. The Kier molecular flexibility index (Phi) is 3.66. The van der Waals surface area contributed by atoms with Gasteiger partial charge in [-0.15, -0.1) is 6.58 Å². The van der Waals surface area contributed by atoms with Crippen molar-refractivity contribution in [3.63, 3.8) is 0 Å². The molecule has 60 valence electrons. The molecule has 1 heteroatoms. The number of nitrogens with two attached hydrogens (primary N) is 1. The fourth-order valence-corrected chi connectivity index (χ4v) is 0.866. The van der Waals surface area contributed by atoms with Crippen LogP contribution in [0.5, 0.6) is 0 Å². The Balaban J connectivity index is 3.75. The lowest BCUT2D eigenvalue weighted by atomic mass is 9.83. The minimum absolute atomic E-state index is 0.162. The summed E-state index contributed by atoms with van der Waals surface area (Å²) in [5.74, 6) is 0. The third-order valence-electron chi connectivity index (χ3n) is 2.05. The van der Waals surface area contributed by atoms with Gasteiger partial charge in [0.15, 0.2) is 0 Å². The second-order valence-corrected chi connectivity index (χ2v) is 3.62. The Labute approximate surface area is 64.3 Å². The van der Waals surface area contributed by atoms with Crippen molar-refractivity contribution in [2.24, 2.45) is 11.1 Å². The van der Waals surface area contributed by atoms with Gasteiger partial charge in [0, 0.05) is 6.04 Å². The van der Waals surface area contributed by atoms with Gasteiger partial charge in [0.1, 0.15) is 0 Å². The van der Waals surface area contributed by atoms with Gasteiger partial charge in [-0.1, -0.05) is 33.3 Å². The number of hydrogen-bond acceptors (Lipinski definition) is 1. The first-order valence-electron chi connectivity index (χ1n) is 3.90. The van der Waals surface area contributed by atoms with E-state index in [4.69, 9.17) is 5.73 Å². The molecule has 0 aromatic rings. The molecule has 0 aromatic heterocycles. The van der Waals surface area contributed by atoms with Crippen LogP contribution in [-0.2, 0) is 0 Å². The first kappa shape index (κ1) is 9.70. The third-order valence-corrected chi connectivity index (χ3v) is 2.05. The molecule has 0 radical (unpaired) electrons. The highest BCUT2D eigenvalue weighted by Gasteiger charge is 2.16. The average Bonchev–Trinajstić information content (AvgIpc) is 1.87. The van der Waals surface area contributed by atoms with E-state index >= 15 is 0 Å². The van der Waals surface area contributed by atoms with Gasteiger partial charge in [-0.3, -0.25) is 0 Å². The fraction of sp³-hybridized carbons (Fsp3) is 0.778. The zero-order chi connectivity index (χ0) is 8.20. The van der Waals surface area contributed by atoms with E-state index in [0.29, 0.717) is 5.41 Å². The Morgan fingerprint density at radius 1 is 1.60 bits per heavy atom. The smallest absolute Gasteiger partial charge is 0.0226 e. The van der Waals surface area contributed by atoms with Crippen LogP contribution in [0.1, 0.15) is 33.6 Å². The van der Waals surface area contributed by atoms with Crippen LogP contribution in [-0.4, -0.2) is 6.04 Å². The molecule has 2 N–H and O–H groups in total.